The van der Waals surface area contributed by atoms with Crippen molar-refractivity contribution in [2.75, 3.05) is 21.3 Å². The number of aromatic nitrogens is 2. The lowest BCUT2D eigenvalue weighted by Gasteiger charge is -2.44. The molecule has 5 rings (SSSR count). The first-order chi connectivity index (χ1) is 17.9. The first-order valence-corrected chi connectivity index (χ1v) is 13.0. The minimum atomic E-state index is -0.552. The van der Waals surface area contributed by atoms with Crippen molar-refractivity contribution in [3.05, 3.63) is 69.8 Å². The van der Waals surface area contributed by atoms with E-state index in [-0.39, 0.29) is 24.4 Å². The highest BCUT2D eigenvalue weighted by atomic mass is 35.5. The summed E-state index contributed by atoms with van der Waals surface area (Å²) in [6.07, 6.45) is 1.59. The van der Waals surface area contributed by atoms with Gasteiger partial charge in [0.05, 0.1) is 22.9 Å². The average Bonchev–Trinajstić information content (AvgIpc) is 3.30. The molecule has 0 bridgehead atoms. The van der Waals surface area contributed by atoms with Gasteiger partial charge in [0.25, 0.3) is 0 Å². The van der Waals surface area contributed by atoms with Gasteiger partial charge in [0, 0.05) is 43.7 Å². The van der Waals surface area contributed by atoms with Crippen LogP contribution in [0.4, 0.5) is 0 Å². The van der Waals surface area contributed by atoms with Crippen LogP contribution in [-0.2, 0) is 36.5 Å². The van der Waals surface area contributed by atoms with Crippen LogP contribution in [0.25, 0.3) is 22.6 Å². The lowest BCUT2D eigenvalue weighted by molar-refractivity contribution is -0.314. The molecule has 1 saturated heterocycles. The Morgan fingerprint density at radius 2 is 1.62 bits per heavy atom. The van der Waals surface area contributed by atoms with Crippen molar-refractivity contribution < 1.29 is 23.7 Å². The van der Waals surface area contributed by atoms with E-state index in [0.29, 0.717) is 15.9 Å². The number of halogens is 2. The van der Waals surface area contributed by atoms with E-state index in [1.165, 1.54) is 11.1 Å². The molecule has 9 heteroatoms. The summed E-state index contributed by atoms with van der Waals surface area (Å²) in [4.78, 5) is 9.19. The Labute approximate surface area is 227 Å². The fraction of sp³-hybridized carbons (Fsp3) is 0.429. The van der Waals surface area contributed by atoms with Crippen LogP contribution < -0.4 is 0 Å². The number of ether oxygens (including phenoxy) is 5. The van der Waals surface area contributed by atoms with Crippen molar-refractivity contribution in [3.8, 4) is 22.6 Å². The molecular formula is C28H30Cl2N2O5. The van der Waals surface area contributed by atoms with Crippen molar-refractivity contribution in [2.45, 2.75) is 56.6 Å². The van der Waals surface area contributed by atoms with Crippen LogP contribution in [0.5, 0.6) is 0 Å². The minimum absolute atomic E-state index is 0.0365. The monoisotopic (exact) mass is 544 g/mol. The molecule has 0 N–H and O–H groups in total. The van der Waals surface area contributed by atoms with Crippen LogP contribution in [0.3, 0.4) is 0 Å². The summed E-state index contributed by atoms with van der Waals surface area (Å²) in [5.74, 6) is 0.553. The van der Waals surface area contributed by atoms with Crippen LogP contribution >= 0.6 is 23.2 Å². The highest BCUT2D eigenvalue weighted by molar-refractivity contribution is 6.36. The molecule has 2 aliphatic rings. The van der Waals surface area contributed by atoms with E-state index in [1.807, 2.05) is 19.1 Å². The highest BCUT2D eigenvalue weighted by Crippen LogP contribution is 2.34. The molecule has 3 aromatic rings. The number of fused-ring (bicyclic) bond motifs is 1. The van der Waals surface area contributed by atoms with E-state index in [4.69, 9.17) is 51.9 Å². The zero-order chi connectivity index (χ0) is 26.1. The lowest BCUT2D eigenvalue weighted by Crippen LogP contribution is -2.59. The van der Waals surface area contributed by atoms with Crippen LogP contribution in [0.15, 0.2) is 48.7 Å². The van der Waals surface area contributed by atoms with Crippen molar-refractivity contribution in [1.29, 1.82) is 0 Å². The molecule has 1 fully saturated rings. The lowest BCUT2D eigenvalue weighted by atomic mass is 9.99. The van der Waals surface area contributed by atoms with Crippen molar-refractivity contribution in [3.63, 3.8) is 0 Å². The Balaban J connectivity index is 1.32. The molecule has 7 nitrogen and oxygen atoms in total. The standard InChI is InChI=1S/C28H30Cl2N2O5/c1-15-24(33-2)25(34-3)26(35-4)28(36-15)37-20-12-16-5-6-17(11-18(16)13-20)23-9-10-31-27(32-23)21-8-7-19(29)14-22(21)30/h5-11,14-15,20,24-26,28H,12-13H2,1-4H3/t15-,20?,24-,25-,26-,28-/m0/s1. The minimum Gasteiger partial charge on any atom is -0.376 e. The molecule has 2 heterocycles. The van der Waals surface area contributed by atoms with E-state index in [2.05, 4.69) is 23.2 Å². The van der Waals surface area contributed by atoms with Crippen LogP contribution in [0.1, 0.15) is 18.1 Å². The maximum Gasteiger partial charge on any atom is 0.187 e. The van der Waals surface area contributed by atoms with E-state index in [9.17, 15) is 0 Å². The van der Waals surface area contributed by atoms with E-state index in [0.717, 1.165) is 29.7 Å². The molecule has 1 aliphatic heterocycles. The van der Waals surface area contributed by atoms with Gasteiger partial charge < -0.3 is 23.7 Å². The highest BCUT2D eigenvalue weighted by Gasteiger charge is 2.47. The molecule has 1 unspecified atom stereocenters. The van der Waals surface area contributed by atoms with Gasteiger partial charge in [0.15, 0.2) is 12.1 Å². The van der Waals surface area contributed by atoms with Gasteiger partial charge in [-0.25, -0.2) is 9.97 Å². The number of methoxy groups -OCH3 is 3. The van der Waals surface area contributed by atoms with E-state index >= 15 is 0 Å². The summed E-state index contributed by atoms with van der Waals surface area (Å²) < 4.78 is 29.6. The predicted octanol–water partition coefficient (Wildman–Crippen LogP) is 5.39. The average molecular weight is 545 g/mol. The molecule has 0 radical (unpaired) electrons. The van der Waals surface area contributed by atoms with Gasteiger partial charge in [-0.05, 0) is 61.2 Å². The van der Waals surface area contributed by atoms with Gasteiger partial charge in [-0.2, -0.15) is 0 Å². The number of benzene rings is 2. The van der Waals surface area contributed by atoms with Gasteiger partial charge in [-0.3, -0.25) is 0 Å². The first kappa shape index (κ1) is 26.5. The molecule has 1 aromatic heterocycles. The molecular weight excluding hydrogens is 515 g/mol. The summed E-state index contributed by atoms with van der Waals surface area (Å²) in [6.45, 7) is 1.96. The molecule has 1 aliphatic carbocycles. The molecule has 6 atom stereocenters. The SMILES string of the molecule is CO[C@@H]1[C@H](OC)[C@H](OC2Cc3ccc(-c4ccnc(-c5ccc(Cl)cc5Cl)n4)cc3C2)O[C@@H](C)[C@@H]1OC. The van der Waals surface area contributed by atoms with E-state index in [1.54, 1.807) is 39.7 Å². The Morgan fingerprint density at radius 1 is 0.865 bits per heavy atom. The van der Waals surface area contributed by atoms with E-state index < -0.39 is 12.4 Å². The third-order valence-corrected chi connectivity index (χ3v) is 7.64. The second kappa shape index (κ2) is 11.3. The van der Waals surface area contributed by atoms with Crippen LogP contribution in [0.2, 0.25) is 10.0 Å². The summed E-state index contributed by atoms with van der Waals surface area (Å²) in [5.41, 5.74) is 5.04. The molecule has 2 aromatic carbocycles. The normalized spacial score (nSPS) is 27.3. The Morgan fingerprint density at radius 3 is 2.35 bits per heavy atom. The molecule has 0 amide bonds. The summed E-state index contributed by atoms with van der Waals surface area (Å²) >= 11 is 12.4. The summed E-state index contributed by atoms with van der Waals surface area (Å²) in [6, 6.07) is 13.6. The molecule has 37 heavy (non-hydrogen) atoms. The first-order valence-electron chi connectivity index (χ1n) is 12.2. The van der Waals surface area contributed by atoms with Gasteiger partial charge in [-0.15, -0.1) is 0 Å². The maximum absolute atomic E-state index is 6.45. The smallest absolute Gasteiger partial charge is 0.187 e. The summed E-state index contributed by atoms with van der Waals surface area (Å²) in [5, 5.41) is 1.08. The number of nitrogens with zero attached hydrogens (tertiary/aromatic N) is 2. The Kier molecular flexibility index (Phi) is 8.12. The quantitative estimate of drug-likeness (QED) is 0.394. The second-order valence-electron chi connectivity index (χ2n) is 9.35. The topological polar surface area (TPSA) is 71.9 Å². The number of rotatable bonds is 7. The number of hydrogen-bond acceptors (Lipinski definition) is 7. The third kappa shape index (κ3) is 5.40. The van der Waals surface area contributed by atoms with Gasteiger partial charge in [0.2, 0.25) is 0 Å². The zero-order valence-corrected chi connectivity index (χ0v) is 22.7. The van der Waals surface area contributed by atoms with Crippen molar-refractivity contribution in [2.24, 2.45) is 0 Å². The molecule has 0 saturated carbocycles. The largest absolute Gasteiger partial charge is 0.376 e. The van der Waals surface area contributed by atoms with Crippen LogP contribution in [0, 0.1) is 0 Å². The van der Waals surface area contributed by atoms with Gasteiger partial charge >= 0.3 is 0 Å². The van der Waals surface area contributed by atoms with Crippen molar-refractivity contribution in [1.82, 2.24) is 9.97 Å². The maximum atomic E-state index is 6.45. The molecule has 0 spiro atoms. The van der Waals surface area contributed by atoms with Crippen LogP contribution in [-0.4, -0.2) is 68.1 Å². The summed E-state index contributed by atoms with van der Waals surface area (Å²) in [7, 11) is 4.95. The number of hydrogen-bond donors (Lipinski definition) is 0. The predicted molar refractivity (Wildman–Crippen MR) is 142 cm³/mol. The fourth-order valence-corrected chi connectivity index (χ4v) is 5.76. The molecule has 196 valence electrons. The Hall–Kier alpha value is -2.10. The third-order valence-electron chi connectivity index (χ3n) is 7.10. The van der Waals surface area contributed by atoms with Gasteiger partial charge in [0.1, 0.15) is 18.3 Å². The Bertz CT molecular complexity index is 1260. The fourth-order valence-electron chi connectivity index (χ4n) is 5.27. The second-order valence-corrected chi connectivity index (χ2v) is 10.2. The van der Waals surface area contributed by atoms with Crippen molar-refractivity contribution >= 4 is 23.2 Å². The van der Waals surface area contributed by atoms with Gasteiger partial charge in [-0.1, -0.05) is 35.3 Å². The zero-order valence-electron chi connectivity index (χ0n) is 21.2.